The molecule has 1 aliphatic rings. The first-order chi connectivity index (χ1) is 17.1. The molecule has 1 saturated heterocycles. The Bertz CT molecular complexity index is 1240. The van der Waals surface area contributed by atoms with Gasteiger partial charge in [0.05, 0.1) is 37.7 Å². The van der Waals surface area contributed by atoms with Gasteiger partial charge in [-0.05, 0) is 11.6 Å². The minimum Gasteiger partial charge on any atom is -0.370 e. The summed E-state index contributed by atoms with van der Waals surface area (Å²) in [6.45, 7) is 3.08. The highest BCUT2D eigenvalue weighted by Gasteiger charge is 2.29. The molecule has 1 aromatic carbocycles. The second-order valence-corrected chi connectivity index (χ2v) is 9.70. The maximum absolute atomic E-state index is 13.2. The second-order valence-electron chi connectivity index (χ2n) is 8.75. The lowest BCUT2D eigenvalue weighted by Gasteiger charge is -2.24. The molecule has 0 bridgehead atoms. The molecular formula is C26H28N6O2S. The molecule has 4 aromatic rings. The SMILES string of the molecule is Cn1cc(CN2C[C@H](OCc3cccnc3)CN(Cc3nc(-c4ccccc4)cs3)CC2=O)cn1. The van der Waals surface area contributed by atoms with Crippen LogP contribution in [-0.4, -0.2) is 61.2 Å². The summed E-state index contributed by atoms with van der Waals surface area (Å²) in [6, 6.07) is 14.1. The van der Waals surface area contributed by atoms with Gasteiger partial charge in [-0.2, -0.15) is 5.10 Å². The zero-order valence-corrected chi connectivity index (χ0v) is 20.5. The Labute approximate surface area is 208 Å². The molecule has 1 atom stereocenters. The number of benzene rings is 1. The van der Waals surface area contributed by atoms with E-state index in [1.54, 1.807) is 22.2 Å². The van der Waals surface area contributed by atoms with Crippen molar-refractivity contribution in [3.8, 4) is 11.3 Å². The number of carbonyl (C=O) groups excluding carboxylic acids is 1. The highest BCUT2D eigenvalue weighted by molar-refractivity contribution is 7.09. The van der Waals surface area contributed by atoms with E-state index in [0.717, 1.165) is 27.4 Å². The Morgan fingerprint density at radius 3 is 2.71 bits per heavy atom. The molecule has 4 heterocycles. The van der Waals surface area contributed by atoms with Gasteiger partial charge in [0.1, 0.15) is 5.01 Å². The van der Waals surface area contributed by atoms with E-state index in [1.807, 2.05) is 60.9 Å². The maximum atomic E-state index is 13.2. The van der Waals surface area contributed by atoms with Crippen LogP contribution in [0.2, 0.25) is 0 Å². The van der Waals surface area contributed by atoms with Crippen molar-refractivity contribution in [2.45, 2.75) is 25.8 Å². The van der Waals surface area contributed by atoms with Crippen molar-refractivity contribution < 1.29 is 9.53 Å². The summed E-state index contributed by atoms with van der Waals surface area (Å²) in [6.07, 6.45) is 7.19. The molecular weight excluding hydrogens is 460 g/mol. The van der Waals surface area contributed by atoms with Crippen molar-refractivity contribution in [3.05, 3.63) is 88.8 Å². The van der Waals surface area contributed by atoms with Crippen molar-refractivity contribution in [2.24, 2.45) is 7.05 Å². The molecule has 0 saturated carbocycles. The first kappa shape index (κ1) is 23.3. The molecule has 1 aliphatic heterocycles. The predicted octanol–water partition coefficient (Wildman–Crippen LogP) is 3.37. The van der Waals surface area contributed by atoms with Crippen LogP contribution in [0.4, 0.5) is 0 Å². The van der Waals surface area contributed by atoms with Gasteiger partial charge in [-0.1, -0.05) is 36.4 Å². The number of hydrogen-bond acceptors (Lipinski definition) is 7. The first-order valence-corrected chi connectivity index (χ1v) is 12.5. The highest BCUT2D eigenvalue weighted by atomic mass is 32.1. The van der Waals surface area contributed by atoms with Crippen LogP contribution in [-0.2, 0) is 36.3 Å². The summed E-state index contributed by atoms with van der Waals surface area (Å²) in [4.78, 5) is 26.3. The average molecular weight is 489 g/mol. The molecule has 180 valence electrons. The monoisotopic (exact) mass is 488 g/mol. The van der Waals surface area contributed by atoms with Crippen LogP contribution < -0.4 is 0 Å². The van der Waals surface area contributed by atoms with E-state index in [4.69, 9.17) is 9.72 Å². The Kier molecular flexibility index (Phi) is 7.27. The summed E-state index contributed by atoms with van der Waals surface area (Å²) in [5.41, 5.74) is 4.09. The second kappa shape index (κ2) is 10.9. The van der Waals surface area contributed by atoms with Gasteiger partial charge in [0.15, 0.2) is 0 Å². The lowest BCUT2D eigenvalue weighted by atomic mass is 10.2. The summed E-state index contributed by atoms with van der Waals surface area (Å²) in [7, 11) is 1.88. The zero-order valence-electron chi connectivity index (χ0n) is 19.7. The number of aryl methyl sites for hydroxylation is 1. The van der Waals surface area contributed by atoms with E-state index in [2.05, 4.69) is 32.5 Å². The van der Waals surface area contributed by atoms with Gasteiger partial charge in [0, 0.05) is 61.8 Å². The van der Waals surface area contributed by atoms with Crippen LogP contribution in [0.5, 0.6) is 0 Å². The van der Waals surface area contributed by atoms with Gasteiger partial charge >= 0.3 is 0 Å². The Morgan fingerprint density at radius 2 is 1.94 bits per heavy atom. The number of aromatic nitrogens is 4. The van der Waals surface area contributed by atoms with E-state index < -0.39 is 0 Å². The van der Waals surface area contributed by atoms with Crippen molar-refractivity contribution in [1.29, 1.82) is 0 Å². The number of hydrogen-bond donors (Lipinski definition) is 0. The normalized spacial score (nSPS) is 17.0. The standard InChI is InChI=1S/C26H28N6O2S/c1-30-12-21(11-28-30)13-32-15-23(34-18-20-6-5-9-27-10-20)14-31(17-26(32)33)16-25-29-24(19-35-25)22-7-3-2-4-8-22/h2-12,19,23H,13-18H2,1H3/t23-/m1/s1. The zero-order chi connectivity index (χ0) is 24.0. The van der Waals surface area contributed by atoms with Crippen LogP contribution >= 0.6 is 11.3 Å². The fraction of sp³-hybridized carbons (Fsp3) is 0.308. The van der Waals surface area contributed by atoms with Crippen LogP contribution in [0.15, 0.2) is 72.6 Å². The molecule has 0 N–H and O–H groups in total. The largest absolute Gasteiger partial charge is 0.370 e. The van der Waals surface area contributed by atoms with E-state index >= 15 is 0 Å². The Balaban J connectivity index is 1.30. The van der Waals surface area contributed by atoms with Gasteiger partial charge in [0.2, 0.25) is 5.91 Å². The summed E-state index contributed by atoms with van der Waals surface area (Å²) in [5.74, 6) is 0.0844. The minimum absolute atomic E-state index is 0.0844. The first-order valence-electron chi connectivity index (χ1n) is 11.6. The third-order valence-corrected chi connectivity index (χ3v) is 6.75. The molecule has 35 heavy (non-hydrogen) atoms. The third-order valence-electron chi connectivity index (χ3n) is 5.92. The van der Waals surface area contributed by atoms with Crippen LogP contribution in [0.25, 0.3) is 11.3 Å². The molecule has 0 spiro atoms. The predicted molar refractivity (Wildman–Crippen MR) is 134 cm³/mol. The molecule has 3 aromatic heterocycles. The molecule has 5 rings (SSSR count). The van der Waals surface area contributed by atoms with Crippen molar-refractivity contribution in [3.63, 3.8) is 0 Å². The number of amides is 1. The molecule has 1 fully saturated rings. The molecule has 9 heteroatoms. The molecule has 0 radical (unpaired) electrons. The lowest BCUT2D eigenvalue weighted by Crippen LogP contribution is -2.37. The topological polar surface area (TPSA) is 76.4 Å². The fourth-order valence-electron chi connectivity index (χ4n) is 4.22. The van der Waals surface area contributed by atoms with Gasteiger partial charge in [-0.25, -0.2) is 4.98 Å². The number of nitrogens with zero attached hydrogens (tertiary/aromatic N) is 6. The maximum Gasteiger partial charge on any atom is 0.237 e. The minimum atomic E-state index is -0.133. The Morgan fingerprint density at radius 1 is 1.06 bits per heavy atom. The molecule has 1 amide bonds. The summed E-state index contributed by atoms with van der Waals surface area (Å²) >= 11 is 1.63. The Hall–Kier alpha value is -3.40. The third kappa shape index (κ3) is 6.19. The van der Waals surface area contributed by atoms with E-state index in [9.17, 15) is 4.79 Å². The fourth-order valence-corrected chi connectivity index (χ4v) is 5.06. The van der Waals surface area contributed by atoms with E-state index in [0.29, 0.717) is 39.3 Å². The van der Waals surface area contributed by atoms with E-state index in [-0.39, 0.29) is 12.0 Å². The lowest BCUT2D eigenvalue weighted by molar-refractivity contribution is -0.132. The molecule has 8 nitrogen and oxygen atoms in total. The summed E-state index contributed by atoms with van der Waals surface area (Å²) in [5, 5.41) is 7.31. The van der Waals surface area contributed by atoms with Crippen LogP contribution in [0.1, 0.15) is 16.1 Å². The van der Waals surface area contributed by atoms with Gasteiger partial charge in [-0.15, -0.1) is 11.3 Å². The average Bonchev–Trinajstić information content (AvgIpc) is 3.48. The number of pyridine rings is 1. The summed E-state index contributed by atoms with van der Waals surface area (Å²) < 4.78 is 8.06. The van der Waals surface area contributed by atoms with Crippen LogP contribution in [0.3, 0.4) is 0 Å². The van der Waals surface area contributed by atoms with Crippen LogP contribution in [0, 0.1) is 0 Å². The quantitative estimate of drug-likeness (QED) is 0.379. The number of ether oxygens (including phenoxy) is 1. The van der Waals surface area contributed by atoms with Crippen molar-refractivity contribution in [1.82, 2.24) is 29.5 Å². The molecule has 0 aliphatic carbocycles. The van der Waals surface area contributed by atoms with Gasteiger partial charge < -0.3 is 9.64 Å². The van der Waals surface area contributed by atoms with Gasteiger partial charge in [0.25, 0.3) is 0 Å². The van der Waals surface area contributed by atoms with Crippen molar-refractivity contribution in [2.75, 3.05) is 19.6 Å². The number of carbonyl (C=O) groups is 1. The highest BCUT2D eigenvalue weighted by Crippen LogP contribution is 2.23. The number of rotatable bonds is 8. The number of thiazole rings is 1. The smallest absolute Gasteiger partial charge is 0.237 e. The van der Waals surface area contributed by atoms with Gasteiger partial charge in [-0.3, -0.25) is 19.4 Å². The van der Waals surface area contributed by atoms with E-state index in [1.165, 1.54) is 0 Å². The molecule has 0 unspecified atom stereocenters. The van der Waals surface area contributed by atoms with Crippen molar-refractivity contribution >= 4 is 17.2 Å².